The van der Waals surface area contributed by atoms with E-state index in [9.17, 15) is 14.0 Å². The molecule has 3 aromatic rings. The van der Waals surface area contributed by atoms with Crippen LogP contribution in [0.5, 0.6) is 5.75 Å². The van der Waals surface area contributed by atoms with Gasteiger partial charge in [0.25, 0.3) is 5.91 Å². The number of likely N-dealkylation sites (N-methyl/N-ethyl adjacent to an activating group) is 1. The van der Waals surface area contributed by atoms with Gasteiger partial charge in [-0.25, -0.2) is 4.39 Å². The molecule has 0 saturated carbocycles. The summed E-state index contributed by atoms with van der Waals surface area (Å²) in [5.41, 5.74) is 1.23. The van der Waals surface area contributed by atoms with Gasteiger partial charge in [0, 0.05) is 29.1 Å². The number of hydrogen-bond donors (Lipinski definition) is 1. The topological polar surface area (TPSA) is 58.6 Å². The summed E-state index contributed by atoms with van der Waals surface area (Å²) < 4.78 is 21.1. The van der Waals surface area contributed by atoms with Crippen LogP contribution >= 0.6 is 22.6 Å². The Labute approximate surface area is 200 Å². The maximum Gasteiger partial charge on any atom is 0.261 e. The van der Waals surface area contributed by atoms with Gasteiger partial charge in [-0.3, -0.25) is 9.59 Å². The van der Waals surface area contributed by atoms with Gasteiger partial charge in [-0.05, 0) is 58.5 Å². The largest absolute Gasteiger partial charge is 0.484 e. The average molecular weight is 546 g/mol. The second-order valence-corrected chi connectivity index (χ2v) is 8.42. The van der Waals surface area contributed by atoms with Crippen LogP contribution in [-0.4, -0.2) is 36.4 Å². The number of nitrogens with zero attached hydrogens (tertiary/aromatic N) is 1. The molecule has 0 aromatic heterocycles. The van der Waals surface area contributed by atoms with Crippen molar-refractivity contribution in [3.63, 3.8) is 0 Å². The fourth-order valence-electron chi connectivity index (χ4n) is 3.29. The van der Waals surface area contributed by atoms with Crippen LogP contribution in [-0.2, 0) is 22.6 Å². The molecule has 0 aliphatic heterocycles. The van der Waals surface area contributed by atoms with Gasteiger partial charge in [0.2, 0.25) is 5.91 Å². The maximum absolute atomic E-state index is 14.4. The number of carbonyl (C=O) groups excluding carboxylic acids is 2. The fourth-order valence-corrected chi connectivity index (χ4v) is 3.65. The quantitative estimate of drug-likeness (QED) is 0.410. The average Bonchev–Trinajstić information content (AvgIpc) is 2.82. The van der Waals surface area contributed by atoms with Gasteiger partial charge in [-0.15, -0.1) is 0 Å². The van der Waals surface area contributed by atoms with Gasteiger partial charge in [-0.2, -0.15) is 0 Å². The first-order chi connectivity index (χ1) is 15.5. The van der Waals surface area contributed by atoms with Gasteiger partial charge < -0.3 is 15.0 Å². The smallest absolute Gasteiger partial charge is 0.261 e. The molecule has 5 nitrogen and oxygen atoms in total. The predicted octanol–water partition coefficient (Wildman–Crippen LogP) is 4.20. The number of amides is 2. The molecule has 0 unspecified atom stereocenters. The molecule has 3 rings (SSSR count). The molecule has 166 valence electrons. The Kier molecular flexibility index (Phi) is 8.61. The van der Waals surface area contributed by atoms with Crippen LogP contribution in [0.1, 0.15) is 11.1 Å². The zero-order chi connectivity index (χ0) is 22.9. The zero-order valence-corrected chi connectivity index (χ0v) is 19.8. The van der Waals surface area contributed by atoms with Gasteiger partial charge in [0.15, 0.2) is 6.61 Å². The lowest BCUT2D eigenvalue weighted by molar-refractivity contribution is -0.142. The number of nitrogens with one attached hydrogen (secondary N) is 1. The second-order valence-electron chi connectivity index (χ2n) is 7.18. The molecule has 0 aliphatic carbocycles. The van der Waals surface area contributed by atoms with Crippen molar-refractivity contribution in [2.24, 2.45) is 0 Å². The molecule has 1 N–H and O–H groups in total. The van der Waals surface area contributed by atoms with Crippen LogP contribution in [0.2, 0.25) is 0 Å². The van der Waals surface area contributed by atoms with E-state index >= 15 is 0 Å². The van der Waals surface area contributed by atoms with Crippen molar-refractivity contribution in [1.82, 2.24) is 10.2 Å². The van der Waals surface area contributed by atoms with Crippen LogP contribution in [0.25, 0.3) is 0 Å². The summed E-state index contributed by atoms with van der Waals surface area (Å²) in [5, 5.41) is 2.63. The molecule has 0 saturated heterocycles. The standard InChI is InChI=1S/C25H24FIN2O3/c1-28-25(31)23(15-18-7-3-2-4-8-18)29(16-19-9-5-6-10-22(19)26)24(30)17-32-21-13-11-20(27)12-14-21/h2-14,23H,15-17H2,1H3,(H,28,31)/t23-/m1/s1. The van der Waals surface area contributed by atoms with E-state index in [0.717, 1.165) is 9.13 Å². The molecular weight excluding hydrogens is 522 g/mol. The summed E-state index contributed by atoms with van der Waals surface area (Å²) >= 11 is 2.18. The molecular formula is C25H24FIN2O3. The van der Waals surface area contributed by atoms with Gasteiger partial charge in [0.05, 0.1) is 0 Å². The summed E-state index contributed by atoms with van der Waals surface area (Å²) in [4.78, 5) is 27.4. The predicted molar refractivity (Wildman–Crippen MR) is 130 cm³/mol. The Morgan fingerprint density at radius 2 is 1.66 bits per heavy atom. The Morgan fingerprint density at radius 1 is 1.00 bits per heavy atom. The van der Waals surface area contributed by atoms with Crippen molar-refractivity contribution < 1.29 is 18.7 Å². The Morgan fingerprint density at radius 3 is 2.31 bits per heavy atom. The van der Waals surface area contributed by atoms with E-state index in [4.69, 9.17) is 4.74 Å². The lowest BCUT2D eigenvalue weighted by Gasteiger charge is -2.31. The summed E-state index contributed by atoms with van der Waals surface area (Å²) in [6, 6.07) is 22.1. The van der Waals surface area contributed by atoms with Crippen LogP contribution < -0.4 is 10.1 Å². The van der Waals surface area contributed by atoms with Crippen molar-refractivity contribution in [3.8, 4) is 5.75 Å². The molecule has 3 aromatic carbocycles. The summed E-state index contributed by atoms with van der Waals surface area (Å²) in [6.45, 7) is -0.316. The van der Waals surface area contributed by atoms with Crippen molar-refractivity contribution in [2.75, 3.05) is 13.7 Å². The minimum atomic E-state index is -0.824. The molecule has 0 fully saturated rings. The first-order valence-electron chi connectivity index (χ1n) is 10.1. The molecule has 1 atom stereocenters. The van der Waals surface area contributed by atoms with E-state index in [-0.39, 0.29) is 19.1 Å². The number of benzene rings is 3. The third-order valence-corrected chi connectivity index (χ3v) is 5.71. The third kappa shape index (κ3) is 6.53. The molecule has 7 heteroatoms. The van der Waals surface area contributed by atoms with Crippen molar-refractivity contribution in [1.29, 1.82) is 0 Å². The highest BCUT2D eigenvalue weighted by Crippen LogP contribution is 2.18. The highest BCUT2D eigenvalue weighted by atomic mass is 127. The van der Waals surface area contributed by atoms with E-state index in [1.165, 1.54) is 18.0 Å². The van der Waals surface area contributed by atoms with Gasteiger partial charge >= 0.3 is 0 Å². The van der Waals surface area contributed by atoms with E-state index in [2.05, 4.69) is 27.9 Å². The third-order valence-electron chi connectivity index (χ3n) is 4.99. The van der Waals surface area contributed by atoms with E-state index in [1.54, 1.807) is 30.3 Å². The number of hydrogen-bond acceptors (Lipinski definition) is 3. The number of ether oxygens (including phenoxy) is 1. The van der Waals surface area contributed by atoms with Crippen LogP contribution in [0.3, 0.4) is 0 Å². The summed E-state index contributed by atoms with van der Waals surface area (Å²) in [5.74, 6) is -0.618. The van der Waals surface area contributed by atoms with Crippen LogP contribution in [0.15, 0.2) is 78.9 Å². The highest BCUT2D eigenvalue weighted by molar-refractivity contribution is 14.1. The molecule has 0 radical (unpaired) electrons. The second kappa shape index (κ2) is 11.6. The Balaban J connectivity index is 1.87. The van der Waals surface area contributed by atoms with Crippen molar-refractivity contribution in [3.05, 3.63) is 99.4 Å². The minimum absolute atomic E-state index is 0.0491. The first-order valence-corrected chi connectivity index (χ1v) is 11.2. The molecule has 2 amide bonds. The SMILES string of the molecule is CNC(=O)[C@@H](Cc1ccccc1)N(Cc1ccccc1F)C(=O)COc1ccc(I)cc1. The number of rotatable bonds is 9. The molecule has 0 heterocycles. The molecule has 0 bridgehead atoms. The Bertz CT molecular complexity index is 1040. The number of carbonyl (C=O) groups is 2. The first kappa shape index (κ1) is 23.7. The number of halogens is 2. The normalized spacial score (nSPS) is 11.5. The van der Waals surface area contributed by atoms with E-state index < -0.39 is 17.8 Å². The molecule has 0 spiro atoms. The van der Waals surface area contributed by atoms with E-state index in [1.807, 2.05) is 42.5 Å². The van der Waals surface area contributed by atoms with Gasteiger partial charge in [0.1, 0.15) is 17.6 Å². The van der Waals surface area contributed by atoms with Crippen molar-refractivity contribution in [2.45, 2.75) is 19.0 Å². The summed E-state index contributed by atoms with van der Waals surface area (Å²) in [7, 11) is 1.52. The van der Waals surface area contributed by atoms with Crippen LogP contribution in [0, 0.1) is 9.39 Å². The highest BCUT2D eigenvalue weighted by Gasteiger charge is 2.30. The maximum atomic E-state index is 14.4. The minimum Gasteiger partial charge on any atom is -0.484 e. The molecule has 32 heavy (non-hydrogen) atoms. The zero-order valence-electron chi connectivity index (χ0n) is 17.6. The summed E-state index contributed by atoms with van der Waals surface area (Å²) in [6.07, 6.45) is 0.296. The fraction of sp³-hybridized carbons (Fsp3) is 0.200. The monoisotopic (exact) mass is 546 g/mol. The van der Waals surface area contributed by atoms with E-state index in [0.29, 0.717) is 17.7 Å². The van der Waals surface area contributed by atoms with Gasteiger partial charge in [-0.1, -0.05) is 48.5 Å². The lowest BCUT2D eigenvalue weighted by atomic mass is 10.0. The lowest BCUT2D eigenvalue weighted by Crippen LogP contribution is -2.51. The van der Waals surface area contributed by atoms with Crippen molar-refractivity contribution >= 4 is 34.4 Å². The molecule has 0 aliphatic rings. The Hall–Kier alpha value is -2.94. The van der Waals surface area contributed by atoms with Crippen LogP contribution in [0.4, 0.5) is 4.39 Å².